The molecule has 1 aromatic rings. The fourth-order valence-corrected chi connectivity index (χ4v) is 1.51. The molecule has 2 N–H and O–H groups in total. The van der Waals surface area contributed by atoms with Crippen molar-refractivity contribution in [1.82, 2.24) is 4.98 Å². The maximum atomic E-state index is 12.3. The predicted octanol–water partition coefficient (Wildman–Crippen LogP) is 0.995. The van der Waals surface area contributed by atoms with E-state index in [1.165, 1.54) is 18.5 Å². The zero-order chi connectivity index (χ0) is 13.9. The fourth-order valence-electron chi connectivity index (χ4n) is 1.51. The molecule has 0 aliphatic carbocycles. The van der Waals surface area contributed by atoms with Gasteiger partial charge in [0.25, 0.3) is 0 Å². The van der Waals surface area contributed by atoms with Gasteiger partial charge in [0, 0.05) is 17.9 Å². The van der Waals surface area contributed by atoms with Crippen LogP contribution in [-0.4, -0.2) is 28.5 Å². The molecule has 0 spiro atoms. The Hall–Kier alpha value is -1.12. The second-order valence-corrected chi connectivity index (χ2v) is 4.15. The molecular weight excluding hydrogens is 250 g/mol. The maximum absolute atomic E-state index is 12.3. The Bertz CT molecular complexity index is 398. The van der Waals surface area contributed by atoms with Gasteiger partial charge in [0.1, 0.15) is 0 Å². The minimum absolute atomic E-state index is 0.0175. The van der Waals surface area contributed by atoms with Crippen LogP contribution >= 0.6 is 0 Å². The van der Waals surface area contributed by atoms with E-state index in [9.17, 15) is 13.2 Å². The summed E-state index contributed by atoms with van der Waals surface area (Å²) in [6, 6.07) is 1.23. The summed E-state index contributed by atoms with van der Waals surface area (Å²) in [4.78, 5) is 3.67. The van der Waals surface area contributed by atoms with Gasteiger partial charge in [0.15, 0.2) is 0 Å². The molecule has 1 heterocycles. The summed E-state index contributed by atoms with van der Waals surface area (Å²) >= 11 is 0. The van der Waals surface area contributed by atoms with Gasteiger partial charge in [-0.1, -0.05) is 19.9 Å². The van der Waals surface area contributed by atoms with E-state index in [1.807, 2.05) is 0 Å². The first kappa shape index (κ1) is 14.9. The number of nitrogens with zero attached hydrogens (tertiary/aromatic N) is 1. The van der Waals surface area contributed by atoms with Crippen molar-refractivity contribution in [2.45, 2.75) is 26.3 Å². The largest absolute Gasteiger partial charge is 0.523 e. The summed E-state index contributed by atoms with van der Waals surface area (Å²) in [5, 5.41) is 17.9. The molecule has 0 fully saturated rings. The number of hydrogen-bond donors (Lipinski definition) is 2. The van der Waals surface area contributed by atoms with E-state index in [-0.39, 0.29) is 11.0 Å². The Kier molecular flexibility index (Phi) is 4.72. The van der Waals surface area contributed by atoms with E-state index < -0.39 is 25.5 Å². The number of halogens is 3. The lowest BCUT2D eigenvalue weighted by Crippen LogP contribution is -2.31. The van der Waals surface area contributed by atoms with Crippen LogP contribution in [0.2, 0.25) is 0 Å². The molecule has 0 aromatic carbocycles. The van der Waals surface area contributed by atoms with E-state index in [0.717, 1.165) is 0 Å². The second-order valence-electron chi connectivity index (χ2n) is 4.15. The van der Waals surface area contributed by atoms with Gasteiger partial charge in [-0.05, 0) is 11.5 Å². The molecule has 0 bridgehead atoms. The van der Waals surface area contributed by atoms with Gasteiger partial charge in [0.2, 0.25) is 0 Å². The molecule has 0 saturated carbocycles. The van der Waals surface area contributed by atoms with Crippen molar-refractivity contribution < 1.29 is 28.0 Å². The molecule has 1 unspecified atom stereocenters. The van der Waals surface area contributed by atoms with Crippen LogP contribution in [0.25, 0.3) is 0 Å². The Balaban J connectivity index is 3.02. The van der Waals surface area contributed by atoms with Crippen LogP contribution in [0.5, 0.6) is 0 Å². The van der Waals surface area contributed by atoms with Crippen LogP contribution in [0.15, 0.2) is 18.5 Å². The molecule has 0 radical (unpaired) electrons. The van der Waals surface area contributed by atoms with Gasteiger partial charge in [-0.25, -0.2) is 0 Å². The van der Waals surface area contributed by atoms with Crippen molar-refractivity contribution in [2.75, 3.05) is 0 Å². The minimum Gasteiger partial charge on any atom is -0.423 e. The standard InChI is InChI=1S/C10H13BF3NO3/c1-6(2)9(18-10(12,13)14)7-3-8(11(16)17)5-15-4-7/h3-6,9,16-17H,1-2H3. The first-order valence-electron chi connectivity index (χ1n) is 5.26. The van der Waals surface area contributed by atoms with E-state index in [4.69, 9.17) is 10.0 Å². The number of aromatic nitrogens is 1. The van der Waals surface area contributed by atoms with E-state index in [2.05, 4.69) is 9.72 Å². The van der Waals surface area contributed by atoms with Gasteiger partial charge in [-0.2, -0.15) is 0 Å². The third-order valence-electron chi connectivity index (χ3n) is 2.27. The SMILES string of the molecule is CC(C)C(OC(F)(F)F)c1cncc(B(O)O)c1. The number of pyridine rings is 1. The molecule has 1 rings (SSSR count). The first-order chi connectivity index (χ1) is 8.20. The Morgan fingerprint density at radius 2 is 1.89 bits per heavy atom. The van der Waals surface area contributed by atoms with E-state index >= 15 is 0 Å². The summed E-state index contributed by atoms with van der Waals surface area (Å²) < 4.78 is 40.8. The highest BCUT2D eigenvalue weighted by Gasteiger charge is 2.35. The lowest BCUT2D eigenvalue weighted by molar-refractivity contribution is -0.349. The van der Waals surface area contributed by atoms with Crippen LogP contribution in [0, 0.1) is 5.92 Å². The van der Waals surface area contributed by atoms with Crippen molar-refractivity contribution in [3.05, 3.63) is 24.0 Å². The van der Waals surface area contributed by atoms with Crippen molar-refractivity contribution in [3.63, 3.8) is 0 Å². The monoisotopic (exact) mass is 263 g/mol. The molecule has 8 heteroatoms. The van der Waals surface area contributed by atoms with Crippen molar-refractivity contribution >= 4 is 12.6 Å². The number of alkyl halides is 3. The molecule has 100 valence electrons. The van der Waals surface area contributed by atoms with Crippen molar-refractivity contribution in [2.24, 2.45) is 5.92 Å². The highest BCUT2D eigenvalue weighted by atomic mass is 19.4. The van der Waals surface area contributed by atoms with Gasteiger partial charge < -0.3 is 10.0 Å². The number of hydrogen-bond acceptors (Lipinski definition) is 4. The highest BCUT2D eigenvalue weighted by molar-refractivity contribution is 6.58. The van der Waals surface area contributed by atoms with Gasteiger partial charge in [0.05, 0.1) is 6.10 Å². The average Bonchev–Trinajstić information content (AvgIpc) is 2.24. The normalized spacial score (nSPS) is 13.8. The summed E-state index contributed by atoms with van der Waals surface area (Å²) in [7, 11) is -1.78. The lowest BCUT2D eigenvalue weighted by Gasteiger charge is -2.23. The average molecular weight is 263 g/mol. The third kappa shape index (κ3) is 4.28. The van der Waals surface area contributed by atoms with Crippen molar-refractivity contribution in [1.29, 1.82) is 0 Å². The van der Waals surface area contributed by atoms with Gasteiger partial charge in [-0.3, -0.25) is 9.72 Å². The third-order valence-corrected chi connectivity index (χ3v) is 2.27. The summed E-state index contributed by atoms with van der Waals surface area (Å²) in [5.41, 5.74) is 0.164. The molecular formula is C10H13BF3NO3. The summed E-state index contributed by atoms with van der Waals surface area (Å²) in [6.07, 6.45) is -3.62. The Morgan fingerprint density at radius 3 is 2.33 bits per heavy atom. The Labute approximate surface area is 103 Å². The van der Waals surface area contributed by atoms with E-state index in [1.54, 1.807) is 13.8 Å². The minimum atomic E-state index is -4.76. The molecule has 0 aliphatic rings. The van der Waals surface area contributed by atoms with Gasteiger partial charge >= 0.3 is 13.5 Å². The molecule has 0 aliphatic heterocycles. The van der Waals surface area contributed by atoms with Crippen LogP contribution in [0.4, 0.5) is 13.2 Å². The molecule has 4 nitrogen and oxygen atoms in total. The molecule has 0 amide bonds. The summed E-state index contributed by atoms with van der Waals surface area (Å²) in [6.45, 7) is 3.14. The predicted molar refractivity (Wildman–Crippen MR) is 58.8 cm³/mol. The highest BCUT2D eigenvalue weighted by Crippen LogP contribution is 2.32. The van der Waals surface area contributed by atoms with Crippen molar-refractivity contribution in [3.8, 4) is 0 Å². The first-order valence-corrected chi connectivity index (χ1v) is 5.26. The summed E-state index contributed by atoms with van der Waals surface area (Å²) in [5.74, 6) is -0.445. The molecule has 0 saturated heterocycles. The van der Waals surface area contributed by atoms with Gasteiger partial charge in [-0.15, -0.1) is 13.2 Å². The van der Waals surface area contributed by atoms with Crippen LogP contribution in [0.1, 0.15) is 25.5 Å². The fraction of sp³-hybridized carbons (Fsp3) is 0.500. The Morgan fingerprint density at radius 1 is 1.28 bits per heavy atom. The molecule has 1 atom stereocenters. The molecule has 1 aromatic heterocycles. The molecule has 18 heavy (non-hydrogen) atoms. The number of ether oxygens (including phenoxy) is 1. The van der Waals surface area contributed by atoms with Crippen LogP contribution in [0.3, 0.4) is 0 Å². The number of rotatable bonds is 4. The lowest BCUT2D eigenvalue weighted by atomic mass is 9.80. The zero-order valence-corrected chi connectivity index (χ0v) is 9.85. The quantitative estimate of drug-likeness (QED) is 0.795. The van der Waals surface area contributed by atoms with E-state index in [0.29, 0.717) is 0 Å². The smallest absolute Gasteiger partial charge is 0.423 e. The maximum Gasteiger partial charge on any atom is 0.523 e. The zero-order valence-electron chi connectivity index (χ0n) is 9.85. The van der Waals surface area contributed by atoms with Crippen LogP contribution in [-0.2, 0) is 4.74 Å². The topological polar surface area (TPSA) is 62.6 Å². The van der Waals surface area contributed by atoms with Crippen LogP contribution < -0.4 is 5.46 Å². The second kappa shape index (κ2) is 5.68.